The van der Waals surface area contributed by atoms with Gasteiger partial charge in [0.05, 0.1) is 15.5 Å². The lowest BCUT2D eigenvalue weighted by atomic mass is 10.3. The lowest BCUT2D eigenvalue weighted by Crippen LogP contribution is -2.13. The third-order valence-electron chi connectivity index (χ3n) is 2.51. The molecule has 0 aliphatic carbocycles. The zero-order valence-corrected chi connectivity index (χ0v) is 12.7. The molecule has 0 spiro atoms. The average Bonchev–Trinajstić information content (AvgIpc) is 2.43. The Balaban J connectivity index is 2.41. The van der Waals surface area contributed by atoms with Crippen molar-refractivity contribution in [2.45, 2.75) is 4.90 Å². The van der Waals surface area contributed by atoms with Crippen LogP contribution in [0.5, 0.6) is 0 Å². The first-order valence-electron chi connectivity index (χ1n) is 5.52. The van der Waals surface area contributed by atoms with Crippen molar-refractivity contribution in [3.63, 3.8) is 0 Å². The van der Waals surface area contributed by atoms with Gasteiger partial charge < -0.3 is 0 Å². The Bertz CT molecular complexity index is 811. The second kappa shape index (κ2) is 5.78. The molecule has 0 radical (unpaired) electrons. The molecule has 0 aliphatic heterocycles. The second-order valence-corrected chi connectivity index (χ2v) is 6.52. The first kappa shape index (κ1) is 15.4. The number of benzene rings is 2. The molecule has 1 N–H and O–H groups in total. The number of nitro groups is 1. The van der Waals surface area contributed by atoms with E-state index in [1.807, 2.05) is 0 Å². The van der Waals surface area contributed by atoms with Crippen molar-refractivity contribution >= 4 is 37.3 Å². The molecule has 0 heterocycles. The summed E-state index contributed by atoms with van der Waals surface area (Å²) in [6, 6.07) is 8.08. The minimum Gasteiger partial charge on any atom is -0.278 e. The number of anilines is 1. The van der Waals surface area contributed by atoms with Crippen LogP contribution in [0.2, 0.25) is 0 Å². The zero-order valence-electron chi connectivity index (χ0n) is 10.3. The summed E-state index contributed by atoms with van der Waals surface area (Å²) in [5, 5.41) is 10.7. The van der Waals surface area contributed by atoms with Gasteiger partial charge in [0.25, 0.3) is 15.7 Å². The minimum absolute atomic E-state index is 0.00139. The van der Waals surface area contributed by atoms with Crippen molar-refractivity contribution in [3.8, 4) is 0 Å². The fourth-order valence-corrected chi connectivity index (χ4v) is 3.13. The van der Waals surface area contributed by atoms with Gasteiger partial charge in [-0.1, -0.05) is 6.07 Å². The monoisotopic (exact) mass is 374 g/mol. The smallest absolute Gasteiger partial charge is 0.270 e. The molecule has 0 bridgehead atoms. The molecule has 21 heavy (non-hydrogen) atoms. The number of hydrogen-bond donors (Lipinski definition) is 1. The number of non-ortho nitro benzene ring substituents is 1. The number of nitrogens with zero attached hydrogens (tertiary/aromatic N) is 1. The molecule has 0 aliphatic rings. The number of nitro benzene ring substituents is 1. The van der Waals surface area contributed by atoms with Gasteiger partial charge in [-0.3, -0.25) is 14.8 Å². The van der Waals surface area contributed by atoms with Gasteiger partial charge in [0.15, 0.2) is 0 Å². The summed E-state index contributed by atoms with van der Waals surface area (Å²) in [5.74, 6) is -0.616. The number of hydrogen-bond acceptors (Lipinski definition) is 4. The van der Waals surface area contributed by atoms with Crippen molar-refractivity contribution in [2.24, 2.45) is 0 Å². The van der Waals surface area contributed by atoms with Crippen molar-refractivity contribution in [2.75, 3.05) is 4.72 Å². The van der Waals surface area contributed by atoms with E-state index in [0.717, 1.165) is 18.2 Å². The van der Waals surface area contributed by atoms with Crippen LogP contribution >= 0.6 is 15.9 Å². The maximum atomic E-state index is 13.1. The van der Waals surface area contributed by atoms with Crippen molar-refractivity contribution in [1.82, 2.24) is 0 Å². The molecule has 2 rings (SSSR count). The zero-order chi connectivity index (χ0) is 15.6. The van der Waals surface area contributed by atoms with Crippen LogP contribution in [0.4, 0.5) is 15.8 Å². The third-order valence-corrected chi connectivity index (χ3v) is 4.57. The standard InChI is InChI=1S/C12H8BrFN2O4S/c13-11-5-4-8(14)6-12(11)15-21(19,20)10-3-1-2-9(7-10)16(17)18/h1-7,15H. The van der Waals surface area contributed by atoms with E-state index < -0.39 is 20.8 Å². The maximum Gasteiger partial charge on any atom is 0.270 e. The van der Waals surface area contributed by atoms with Crippen LogP contribution in [0.3, 0.4) is 0 Å². The van der Waals surface area contributed by atoms with Crippen LogP contribution in [0.1, 0.15) is 0 Å². The van der Waals surface area contributed by atoms with Gasteiger partial charge in [-0.15, -0.1) is 0 Å². The Morgan fingerprint density at radius 3 is 2.57 bits per heavy atom. The van der Waals surface area contributed by atoms with Gasteiger partial charge in [-0.05, 0) is 40.2 Å². The van der Waals surface area contributed by atoms with Crippen molar-refractivity contribution in [3.05, 3.63) is 62.9 Å². The normalized spacial score (nSPS) is 11.1. The van der Waals surface area contributed by atoms with Gasteiger partial charge in [0.1, 0.15) is 5.82 Å². The molecule has 0 amide bonds. The molecule has 2 aromatic rings. The minimum atomic E-state index is -4.06. The number of halogens is 2. The summed E-state index contributed by atoms with van der Waals surface area (Å²) in [6.07, 6.45) is 0. The Labute approximate surface area is 127 Å². The fourth-order valence-electron chi connectivity index (χ4n) is 1.54. The SMILES string of the molecule is O=[N+]([O-])c1cccc(S(=O)(=O)Nc2cc(F)ccc2Br)c1. The topological polar surface area (TPSA) is 89.3 Å². The van der Waals surface area contributed by atoms with Gasteiger partial charge in [-0.2, -0.15) is 0 Å². The molecule has 6 nitrogen and oxygen atoms in total. The first-order valence-corrected chi connectivity index (χ1v) is 7.79. The van der Waals surface area contributed by atoms with Crippen LogP contribution < -0.4 is 4.72 Å². The highest BCUT2D eigenvalue weighted by Gasteiger charge is 2.19. The predicted molar refractivity (Wildman–Crippen MR) is 78.0 cm³/mol. The summed E-state index contributed by atoms with van der Waals surface area (Å²) in [5.41, 5.74) is -0.349. The fraction of sp³-hybridized carbons (Fsp3) is 0. The van der Waals surface area contributed by atoms with Crippen LogP contribution in [-0.2, 0) is 10.0 Å². The summed E-state index contributed by atoms with van der Waals surface area (Å²) >= 11 is 3.09. The average molecular weight is 375 g/mol. The third kappa shape index (κ3) is 3.56. The summed E-state index contributed by atoms with van der Waals surface area (Å²) in [6.45, 7) is 0. The second-order valence-electron chi connectivity index (χ2n) is 3.98. The largest absolute Gasteiger partial charge is 0.278 e. The van der Waals surface area contributed by atoms with E-state index in [1.54, 1.807) is 0 Å². The van der Waals surface area contributed by atoms with Gasteiger partial charge in [0, 0.05) is 16.6 Å². The van der Waals surface area contributed by atoms with Gasteiger partial charge in [0.2, 0.25) is 0 Å². The van der Waals surface area contributed by atoms with E-state index in [1.165, 1.54) is 24.3 Å². The van der Waals surface area contributed by atoms with Crippen molar-refractivity contribution in [1.29, 1.82) is 0 Å². The quantitative estimate of drug-likeness (QED) is 0.656. The molecule has 110 valence electrons. The van der Waals surface area contributed by atoms with Crippen LogP contribution in [0.25, 0.3) is 0 Å². The summed E-state index contributed by atoms with van der Waals surface area (Å²) in [4.78, 5) is 9.69. The molecule has 0 atom stereocenters. The molecule has 9 heteroatoms. The van der Waals surface area contributed by atoms with Crippen LogP contribution in [-0.4, -0.2) is 13.3 Å². The van der Waals surface area contributed by atoms with E-state index >= 15 is 0 Å². The van der Waals surface area contributed by atoms with E-state index in [4.69, 9.17) is 0 Å². The molecular formula is C12H8BrFN2O4S. The maximum absolute atomic E-state index is 13.1. The Morgan fingerprint density at radius 2 is 1.90 bits per heavy atom. The highest BCUT2D eigenvalue weighted by atomic mass is 79.9. The van der Waals surface area contributed by atoms with Crippen LogP contribution in [0.15, 0.2) is 51.8 Å². The molecule has 0 saturated heterocycles. The molecular weight excluding hydrogens is 367 g/mol. The highest BCUT2D eigenvalue weighted by Crippen LogP contribution is 2.26. The summed E-state index contributed by atoms with van der Waals surface area (Å²) < 4.78 is 40.0. The summed E-state index contributed by atoms with van der Waals surface area (Å²) in [7, 11) is -4.06. The van der Waals surface area contributed by atoms with Crippen LogP contribution in [0, 0.1) is 15.9 Å². The number of sulfonamides is 1. The Kier molecular flexibility index (Phi) is 4.24. The van der Waals surface area contributed by atoms with E-state index in [0.29, 0.717) is 4.47 Å². The van der Waals surface area contributed by atoms with Gasteiger partial charge >= 0.3 is 0 Å². The number of rotatable bonds is 4. The molecule has 0 saturated carbocycles. The number of nitrogens with one attached hydrogen (secondary N) is 1. The lowest BCUT2D eigenvalue weighted by Gasteiger charge is -2.09. The highest BCUT2D eigenvalue weighted by molar-refractivity contribution is 9.10. The predicted octanol–water partition coefficient (Wildman–Crippen LogP) is 3.30. The molecule has 0 aromatic heterocycles. The van der Waals surface area contributed by atoms with E-state index in [-0.39, 0.29) is 16.3 Å². The molecule has 2 aromatic carbocycles. The molecule has 0 unspecified atom stereocenters. The van der Waals surface area contributed by atoms with Gasteiger partial charge in [-0.25, -0.2) is 12.8 Å². The first-order chi connectivity index (χ1) is 9.79. The Morgan fingerprint density at radius 1 is 1.19 bits per heavy atom. The molecule has 0 fully saturated rings. The van der Waals surface area contributed by atoms with E-state index in [9.17, 15) is 22.9 Å². The van der Waals surface area contributed by atoms with E-state index in [2.05, 4.69) is 20.7 Å². The van der Waals surface area contributed by atoms with Crippen molar-refractivity contribution < 1.29 is 17.7 Å². The lowest BCUT2D eigenvalue weighted by molar-refractivity contribution is -0.385. The Hall–Kier alpha value is -2.00.